The molecule has 0 saturated heterocycles. The molecule has 4 rings (SSSR count). The van der Waals surface area contributed by atoms with Crippen LogP contribution in [0.25, 0.3) is 0 Å². The van der Waals surface area contributed by atoms with Gasteiger partial charge >= 0.3 is 0 Å². The number of thiophene rings is 1. The number of rotatable bonds is 1. The van der Waals surface area contributed by atoms with Crippen molar-refractivity contribution < 1.29 is 4.74 Å². The van der Waals surface area contributed by atoms with Crippen molar-refractivity contribution in [2.24, 2.45) is 0 Å². The SMILES string of the molecule is Nc1ccccc1C1OC2CCCCC2c2sccc21. The average Bonchev–Trinajstić information content (AvgIpc) is 2.97. The number of hydrogen-bond acceptors (Lipinski definition) is 3. The second-order valence-corrected chi connectivity index (χ2v) is 6.76. The van der Waals surface area contributed by atoms with E-state index in [-0.39, 0.29) is 6.10 Å². The first-order valence-electron chi connectivity index (χ1n) is 7.42. The lowest BCUT2D eigenvalue weighted by atomic mass is 9.80. The summed E-state index contributed by atoms with van der Waals surface area (Å²) in [4.78, 5) is 1.54. The predicted molar refractivity (Wildman–Crippen MR) is 83.1 cm³/mol. The highest BCUT2D eigenvalue weighted by Gasteiger charge is 2.38. The Kier molecular flexibility index (Phi) is 3.04. The van der Waals surface area contributed by atoms with E-state index in [1.165, 1.54) is 36.1 Å². The molecule has 2 N–H and O–H groups in total. The molecule has 20 heavy (non-hydrogen) atoms. The molecule has 1 fully saturated rings. The second kappa shape index (κ2) is 4.90. The number of hydrogen-bond donors (Lipinski definition) is 1. The van der Waals surface area contributed by atoms with Crippen LogP contribution >= 0.6 is 11.3 Å². The van der Waals surface area contributed by atoms with Crippen molar-refractivity contribution in [2.75, 3.05) is 5.73 Å². The number of fused-ring (bicyclic) bond motifs is 3. The molecule has 3 atom stereocenters. The van der Waals surface area contributed by atoms with Gasteiger partial charge in [0.05, 0.1) is 6.10 Å². The van der Waals surface area contributed by atoms with E-state index >= 15 is 0 Å². The number of para-hydroxylation sites is 1. The van der Waals surface area contributed by atoms with E-state index in [0.29, 0.717) is 12.0 Å². The number of nitrogens with two attached hydrogens (primary N) is 1. The van der Waals surface area contributed by atoms with Crippen molar-refractivity contribution in [3.8, 4) is 0 Å². The van der Waals surface area contributed by atoms with Gasteiger partial charge in [0.15, 0.2) is 0 Å². The molecular weight excluding hydrogens is 266 g/mol. The van der Waals surface area contributed by atoms with Gasteiger partial charge < -0.3 is 10.5 Å². The minimum atomic E-state index is 0.0248. The van der Waals surface area contributed by atoms with Crippen LogP contribution in [0.5, 0.6) is 0 Å². The zero-order chi connectivity index (χ0) is 13.5. The lowest BCUT2D eigenvalue weighted by Crippen LogP contribution is -2.32. The highest BCUT2D eigenvalue weighted by molar-refractivity contribution is 7.10. The third-order valence-corrected chi connectivity index (χ3v) is 5.70. The van der Waals surface area contributed by atoms with Gasteiger partial charge in [0.25, 0.3) is 0 Å². The maximum absolute atomic E-state index is 6.47. The van der Waals surface area contributed by atoms with Crippen molar-refractivity contribution in [2.45, 2.75) is 43.8 Å². The molecule has 1 aromatic carbocycles. The van der Waals surface area contributed by atoms with Crippen molar-refractivity contribution in [3.05, 3.63) is 51.7 Å². The summed E-state index contributed by atoms with van der Waals surface area (Å²) in [5.41, 5.74) is 9.47. The first kappa shape index (κ1) is 12.4. The second-order valence-electron chi connectivity index (χ2n) is 5.81. The highest BCUT2D eigenvalue weighted by atomic mass is 32.1. The molecule has 1 saturated carbocycles. The Morgan fingerprint density at radius 2 is 1.90 bits per heavy atom. The van der Waals surface area contributed by atoms with Gasteiger partial charge in [-0.25, -0.2) is 0 Å². The molecule has 2 heterocycles. The van der Waals surface area contributed by atoms with Crippen molar-refractivity contribution in [3.63, 3.8) is 0 Å². The average molecular weight is 285 g/mol. The van der Waals surface area contributed by atoms with Crippen LogP contribution < -0.4 is 5.73 Å². The fourth-order valence-corrected chi connectivity index (χ4v) is 4.76. The molecule has 1 aliphatic heterocycles. The van der Waals surface area contributed by atoms with E-state index in [4.69, 9.17) is 10.5 Å². The Balaban J connectivity index is 1.80. The van der Waals surface area contributed by atoms with Gasteiger partial charge in [-0.05, 0) is 35.9 Å². The first-order valence-corrected chi connectivity index (χ1v) is 8.29. The maximum atomic E-state index is 6.47. The summed E-state index contributed by atoms with van der Waals surface area (Å²) in [6, 6.07) is 10.3. The van der Waals surface area contributed by atoms with Gasteiger partial charge in [-0.3, -0.25) is 0 Å². The molecular formula is C17H19NOS. The van der Waals surface area contributed by atoms with Gasteiger partial charge in [-0.15, -0.1) is 11.3 Å². The quantitative estimate of drug-likeness (QED) is 0.784. The van der Waals surface area contributed by atoms with E-state index in [1.54, 1.807) is 0 Å². The van der Waals surface area contributed by atoms with Gasteiger partial charge in [0.1, 0.15) is 6.10 Å². The molecule has 104 valence electrons. The molecule has 0 bridgehead atoms. The van der Waals surface area contributed by atoms with Crippen LogP contribution in [-0.4, -0.2) is 6.10 Å². The number of benzene rings is 1. The molecule has 1 aromatic heterocycles. The summed E-state index contributed by atoms with van der Waals surface area (Å²) in [5, 5.41) is 2.21. The molecule has 0 radical (unpaired) electrons. The molecule has 2 aliphatic rings. The van der Waals surface area contributed by atoms with Gasteiger partial charge in [0, 0.05) is 22.0 Å². The summed E-state index contributed by atoms with van der Waals surface area (Å²) < 4.78 is 6.47. The van der Waals surface area contributed by atoms with Gasteiger partial charge in [-0.1, -0.05) is 31.0 Å². The number of nitrogen functional groups attached to an aromatic ring is 1. The predicted octanol–water partition coefficient (Wildman–Crippen LogP) is 4.48. The van der Waals surface area contributed by atoms with Gasteiger partial charge in [0.2, 0.25) is 0 Å². The van der Waals surface area contributed by atoms with Crippen LogP contribution in [0, 0.1) is 0 Å². The molecule has 2 nitrogen and oxygen atoms in total. The molecule has 2 aromatic rings. The Morgan fingerprint density at radius 3 is 2.80 bits per heavy atom. The first-order chi connectivity index (χ1) is 9.84. The van der Waals surface area contributed by atoms with Crippen LogP contribution in [-0.2, 0) is 4.74 Å². The third kappa shape index (κ3) is 1.88. The maximum Gasteiger partial charge on any atom is 0.111 e. The zero-order valence-electron chi connectivity index (χ0n) is 11.4. The Labute approximate surface area is 123 Å². The van der Waals surface area contributed by atoms with Crippen LogP contribution in [0.3, 0.4) is 0 Å². The lowest BCUT2D eigenvalue weighted by molar-refractivity contribution is -0.0371. The topological polar surface area (TPSA) is 35.2 Å². The zero-order valence-corrected chi connectivity index (χ0v) is 12.2. The summed E-state index contributed by atoms with van der Waals surface area (Å²) >= 11 is 1.89. The normalized spacial score (nSPS) is 28.7. The Hall–Kier alpha value is -1.32. The summed E-state index contributed by atoms with van der Waals surface area (Å²) in [6.07, 6.45) is 5.48. The van der Waals surface area contributed by atoms with Crippen LogP contribution in [0.1, 0.15) is 53.7 Å². The monoisotopic (exact) mass is 285 g/mol. The summed E-state index contributed by atoms with van der Waals surface area (Å²) in [6.45, 7) is 0. The van der Waals surface area contributed by atoms with E-state index in [9.17, 15) is 0 Å². The van der Waals surface area contributed by atoms with Crippen molar-refractivity contribution in [1.29, 1.82) is 0 Å². The molecule has 3 heteroatoms. The van der Waals surface area contributed by atoms with Crippen molar-refractivity contribution in [1.82, 2.24) is 0 Å². The Bertz CT molecular complexity index is 621. The van der Waals surface area contributed by atoms with E-state index in [0.717, 1.165) is 11.3 Å². The van der Waals surface area contributed by atoms with Gasteiger partial charge in [-0.2, -0.15) is 0 Å². The minimum absolute atomic E-state index is 0.0248. The summed E-state index contributed by atoms with van der Waals surface area (Å²) in [7, 11) is 0. The fraction of sp³-hybridized carbons (Fsp3) is 0.412. The third-order valence-electron chi connectivity index (χ3n) is 4.64. The lowest BCUT2D eigenvalue weighted by Gasteiger charge is -2.39. The molecule has 0 spiro atoms. The van der Waals surface area contributed by atoms with E-state index < -0.39 is 0 Å². The number of anilines is 1. The molecule has 1 aliphatic carbocycles. The van der Waals surface area contributed by atoms with E-state index in [2.05, 4.69) is 17.5 Å². The van der Waals surface area contributed by atoms with Crippen LogP contribution in [0.2, 0.25) is 0 Å². The standard InChI is InChI=1S/C17H19NOS/c18-14-7-3-1-5-11(14)16-13-9-10-20-17(13)12-6-2-4-8-15(12)19-16/h1,3,5,7,9-10,12,15-16H,2,4,6,8,18H2. The Morgan fingerprint density at radius 1 is 1.05 bits per heavy atom. The minimum Gasteiger partial charge on any atom is -0.398 e. The van der Waals surface area contributed by atoms with Crippen molar-refractivity contribution >= 4 is 17.0 Å². The summed E-state index contributed by atoms with van der Waals surface area (Å²) in [5.74, 6) is 0.611. The van der Waals surface area contributed by atoms with E-state index in [1.807, 2.05) is 29.5 Å². The fourth-order valence-electron chi connectivity index (χ4n) is 3.65. The molecule has 3 unspecified atom stereocenters. The largest absolute Gasteiger partial charge is 0.398 e. The smallest absolute Gasteiger partial charge is 0.111 e. The van der Waals surface area contributed by atoms with Crippen LogP contribution in [0.4, 0.5) is 5.69 Å². The van der Waals surface area contributed by atoms with Crippen LogP contribution in [0.15, 0.2) is 35.7 Å². The molecule has 0 amide bonds. The highest BCUT2D eigenvalue weighted by Crippen LogP contribution is 2.49. The number of ether oxygens (including phenoxy) is 1.